The summed E-state index contributed by atoms with van der Waals surface area (Å²) >= 11 is 0. The summed E-state index contributed by atoms with van der Waals surface area (Å²) in [4.78, 5) is 0. The van der Waals surface area contributed by atoms with Gasteiger partial charge in [0.05, 0.1) is 0 Å². The first-order valence-electron chi connectivity index (χ1n) is 19.8. The molecule has 4 unspecified atom stereocenters. The third-order valence-electron chi connectivity index (χ3n) is 12.3. The SMILES string of the molecule is [CH]1C=CC(C2CC3=C(CCC/C3=C/C3=CC=C[CH]3)C3c4[cH-]ccc4CC4/C(=C/C5=CC=C[CH]5)CCCC243)=C1.[CH]1C=CC=C1.[CH]1C=CC=C1.[CH]1C=CC=C1.[Fe].[Fe].[Fe]. The molecule has 1 spiro atoms. The first-order valence-corrected chi connectivity index (χ1v) is 19.8. The summed E-state index contributed by atoms with van der Waals surface area (Å²) in [5.41, 5.74) is 14.7. The average molecular weight is 856 g/mol. The van der Waals surface area contributed by atoms with Crippen molar-refractivity contribution in [1.29, 1.82) is 0 Å². The van der Waals surface area contributed by atoms with E-state index in [1.807, 2.05) is 92.2 Å². The summed E-state index contributed by atoms with van der Waals surface area (Å²) in [7, 11) is 0. The Kier molecular flexibility index (Phi) is 17.1. The monoisotopic (exact) mass is 855 g/mol. The molecule has 0 N–H and O–H groups in total. The molecule has 6 radical (unpaired) electrons. The predicted octanol–water partition coefficient (Wildman–Crippen LogP) is 13.2. The van der Waals surface area contributed by atoms with Crippen molar-refractivity contribution in [3.8, 4) is 0 Å². The summed E-state index contributed by atoms with van der Waals surface area (Å²) < 4.78 is 0. The number of allylic oxidation sites excluding steroid dienone is 30. The number of hydrogen-bond acceptors (Lipinski definition) is 0. The van der Waals surface area contributed by atoms with E-state index in [0.717, 1.165) is 0 Å². The Hall–Kier alpha value is -2.99. The van der Waals surface area contributed by atoms with E-state index < -0.39 is 0 Å². The molecular formula is C53H51Fe3-. The summed E-state index contributed by atoms with van der Waals surface area (Å²) in [6.45, 7) is 0. The van der Waals surface area contributed by atoms with E-state index in [9.17, 15) is 0 Å². The maximum Gasteiger partial charge on any atom is 0.0125 e. The second kappa shape index (κ2) is 21.7. The Bertz CT molecular complexity index is 1910. The average Bonchev–Trinajstić information content (AvgIpc) is 4.06. The van der Waals surface area contributed by atoms with E-state index in [0.29, 0.717) is 17.8 Å². The van der Waals surface area contributed by atoms with Gasteiger partial charge >= 0.3 is 0 Å². The minimum atomic E-state index is 0. The molecule has 288 valence electrons. The summed E-state index contributed by atoms with van der Waals surface area (Å²) in [5, 5.41) is 0. The van der Waals surface area contributed by atoms with Gasteiger partial charge in [0.15, 0.2) is 0 Å². The molecule has 1 saturated carbocycles. The molecule has 0 bridgehead atoms. The van der Waals surface area contributed by atoms with Crippen LogP contribution in [0.5, 0.6) is 0 Å². The molecule has 0 amide bonds. The van der Waals surface area contributed by atoms with Gasteiger partial charge in [0, 0.05) is 89.7 Å². The molecule has 10 aliphatic carbocycles. The maximum atomic E-state index is 2.57. The third kappa shape index (κ3) is 9.81. The topological polar surface area (TPSA) is 0 Å². The number of rotatable bonds is 3. The number of fused-ring (bicyclic) bond motifs is 3. The Balaban J connectivity index is 0.000000279. The quantitative estimate of drug-likeness (QED) is 0.210. The van der Waals surface area contributed by atoms with Gasteiger partial charge in [-0.1, -0.05) is 157 Å². The van der Waals surface area contributed by atoms with Gasteiger partial charge < -0.3 is 0 Å². The molecular weight excluding hydrogens is 804 g/mol. The first kappa shape index (κ1) is 44.1. The van der Waals surface area contributed by atoms with Gasteiger partial charge in [-0.15, -0.1) is 0 Å². The molecule has 4 atom stereocenters. The molecule has 0 nitrogen and oxygen atoms in total. The number of hydrogen-bond donors (Lipinski definition) is 0. The van der Waals surface area contributed by atoms with Gasteiger partial charge in [-0.3, -0.25) is 0 Å². The third-order valence-corrected chi connectivity index (χ3v) is 12.3. The molecule has 1 aromatic rings. The van der Waals surface area contributed by atoms with Crippen LogP contribution < -0.4 is 0 Å². The van der Waals surface area contributed by atoms with Crippen molar-refractivity contribution in [2.75, 3.05) is 0 Å². The Labute approximate surface area is 369 Å². The van der Waals surface area contributed by atoms with E-state index >= 15 is 0 Å². The second-order valence-electron chi connectivity index (χ2n) is 15.2. The standard InChI is InChI=1S/C38H36.3C5H5.3Fe/c1-2-11-26(10-1)22-29-16-8-20-33-34(29)25-36(28-14-5-6-15-28)38-21-9-18-31(23-27-12-3-4-13-27)35(38)24-30-17-7-19-32(30)37(33)38;3*1-2-4-5-3-1;;;/h1-7,10-15,17,19,22-23,35-37H,8-9,16,18,20-21,24-25H2;3*1-5H;;;/q-1;;;;;;/b29-22-,31-23+;;;;;;. The van der Waals surface area contributed by atoms with Crippen LogP contribution in [0.25, 0.3) is 0 Å². The van der Waals surface area contributed by atoms with Crippen molar-refractivity contribution >= 4 is 0 Å². The van der Waals surface area contributed by atoms with Crippen LogP contribution >= 0.6 is 0 Å². The molecule has 0 aromatic heterocycles. The van der Waals surface area contributed by atoms with Crippen LogP contribution in [0.1, 0.15) is 62.0 Å². The fraction of sp³-hybridized carbons (Fsp3) is 0.226. The van der Waals surface area contributed by atoms with E-state index in [1.165, 1.54) is 62.5 Å². The molecule has 10 aliphatic rings. The van der Waals surface area contributed by atoms with Crippen LogP contribution in [0.3, 0.4) is 0 Å². The van der Waals surface area contributed by atoms with Crippen LogP contribution in [0, 0.1) is 55.8 Å². The van der Waals surface area contributed by atoms with Crippen LogP contribution in [0.4, 0.5) is 0 Å². The van der Waals surface area contributed by atoms with Gasteiger partial charge in [0.2, 0.25) is 0 Å². The van der Waals surface area contributed by atoms with Crippen LogP contribution in [-0.4, -0.2) is 0 Å². The van der Waals surface area contributed by atoms with E-state index in [1.54, 1.807) is 39.0 Å². The minimum Gasteiger partial charge on any atom is -0.210 e. The molecule has 0 aliphatic heterocycles. The molecule has 11 rings (SSSR count). The van der Waals surface area contributed by atoms with E-state index in [4.69, 9.17) is 0 Å². The zero-order valence-electron chi connectivity index (χ0n) is 31.9. The molecule has 3 heteroatoms. The van der Waals surface area contributed by atoms with Crippen molar-refractivity contribution in [3.05, 3.63) is 247 Å². The summed E-state index contributed by atoms with van der Waals surface area (Å²) in [6, 6.07) is 7.30. The maximum absolute atomic E-state index is 2.57. The van der Waals surface area contributed by atoms with Crippen LogP contribution in [0.2, 0.25) is 0 Å². The molecule has 56 heavy (non-hydrogen) atoms. The normalized spacial score (nSPS) is 28.6. The van der Waals surface area contributed by atoms with Crippen molar-refractivity contribution in [3.63, 3.8) is 0 Å². The van der Waals surface area contributed by atoms with Gasteiger partial charge in [-0.2, -0.15) is 23.3 Å². The van der Waals surface area contributed by atoms with Crippen molar-refractivity contribution in [2.45, 2.75) is 57.3 Å². The van der Waals surface area contributed by atoms with Gasteiger partial charge in [-0.25, -0.2) is 6.07 Å². The molecule has 1 aromatic carbocycles. The van der Waals surface area contributed by atoms with Gasteiger partial charge in [-0.05, 0) is 96.0 Å². The van der Waals surface area contributed by atoms with Gasteiger partial charge in [0.25, 0.3) is 0 Å². The van der Waals surface area contributed by atoms with Crippen LogP contribution in [-0.2, 0) is 57.6 Å². The van der Waals surface area contributed by atoms with Crippen molar-refractivity contribution in [2.24, 2.45) is 17.3 Å². The largest absolute Gasteiger partial charge is 0.210 e. The summed E-state index contributed by atoms with van der Waals surface area (Å²) in [5.74, 6) is 1.73. The smallest absolute Gasteiger partial charge is 0.0125 e. The first-order chi connectivity index (χ1) is 26.3. The van der Waals surface area contributed by atoms with Crippen molar-refractivity contribution in [1.82, 2.24) is 0 Å². The fourth-order valence-electron chi connectivity index (χ4n) is 10.2. The van der Waals surface area contributed by atoms with Crippen LogP contribution in [0.15, 0.2) is 197 Å². The molecule has 0 heterocycles. The fourth-order valence-corrected chi connectivity index (χ4v) is 10.2. The predicted molar refractivity (Wildman–Crippen MR) is 226 cm³/mol. The van der Waals surface area contributed by atoms with Crippen molar-refractivity contribution < 1.29 is 51.2 Å². The van der Waals surface area contributed by atoms with Gasteiger partial charge in [0.1, 0.15) is 0 Å². The Morgan fingerprint density at radius 3 is 1.77 bits per heavy atom. The van der Waals surface area contributed by atoms with E-state index in [2.05, 4.69) is 104 Å². The Morgan fingerprint density at radius 2 is 1.21 bits per heavy atom. The second-order valence-corrected chi connectivity index (χ2v) is 15.2. The Morgan fingerprint density at radius 1 is 0.571 bits per heavy atom. The molecule has 1 fully saturated rings. The molecule has 0 saturated heterocycles. The van der Waals surface area contributed by atoms with E-state index in [-0.39, 0.29) is 56.6 Å². The zero-order chi connectivity index (χ0) is 35.7. The minimum absolute atomic E-state index is 0. The zero-order valence-corrected chi connectivity index (χ0v) is 35.2. The summed E-state index contributed by atoms with van der Waals surface area (Å²) in [6.07, 6.45) is 72.5.